The van der Waals surface area contributed by atoms with Gasteiger partial charge in [-0.2, -0.15) is 5.26 Å². The van der Waals surface area contributed by atoms with E-state index in [1.165, 1.54) is 0 Å². The van der Waals surface area contributed by atoms with Gasteiger partial charge in [-0.1, -0.05) is 20.8 Å². The summed E-state index contributed by atoms with van der Waals surface area (Å²) >= 11 is 0. The first-order valence-corrected chi connectivity index (χ1v) is 6.19. The van der Waals surface area contributed by atoms with Gasteiger partial charge >= 0.3 is 0 Å². The van der Waals surface area contributed by atoms with Crippen LogP contribution in [0.2, 0.25) is 0 Å². The van der Waals surface area contributed by atoms with Gasteiger partial charge in [-0.3, -0.25) is 4.79 Å². The maximum absolute atomic E-state index is 12.0. The monoisotopic (exact) mass is 238 g/mol. The van der Waals surface area contributed by atoms with Gasteiger partial charge in [0.05, 0.1) is 6.07 Å². The van der Waals surface area contributed by atoms with Gasteiger partial charge in [0.2, 0.25) is 5.91 Å². The van der Waals surface area contributed by atoms with Crippen LogP contribution in [0.5, 0.6) is 0 Å². The summed E-state index contributed by atoms with van der Waals surface area (Å²) in [6.45, 7) is 6.72. The molecule has 1 rings (SSSR count). The minimum Gasteiger partial charge on any atom is -0.396 e. The number of amides is 1. The largest absolute Gasteiger partial charge is 0.396 e. The molecule has 4 nitrogen and oxygen atoms in total. The van der Waals surface area contributed by atoms with Crippen LogP contribution in [0.15, 0.2) is 0 Å². The summed E-state index contributed by atoms with van der Waals surface area (Å²) in [5.74, 6) is 0.455. The molecule has 0 unspecified atom stereocenters. The number of hydrogen-bond donors (Lipinski definition) is 1. The molecule has 2 atom stereocenters. The Morgan fingerprint density at radius 3 is 2.76 bits per heavy atom. The van der Waals surface area contributed by atoms with Crippen molar-refractivity contribution in [1.29, 1.82) is 5.26 Å². The summed E-state index contributed by atoms with van der Waals surface area (Å²) in [7, 11) is 0. The van der Waals surface area contributed by atoms with Gasteiger partial charge in [-0.25, -0.2) is 0 Å². The Labute approximate surface area is 103 Å². The van der Waals surface area contributed by atoms with Gasteiger partial charge in [0.1, 0.15) is 6.04 Å². The normalized spacial score (nSPS) is 24.8. The van der Waals surface area contributed by atoms with E-state index in [0.29, 0.717) is 25.3 Å². The van der Waals surface area contributed by atoms with Gasteiger partial charge in [0, 0.05) is 19.6 Å². The van der Waals surface area contributed by atoms with Gasteiger partial charge in [-0.05, 0) is 24.2 Å². The number of nitriles is 1. The highest BCUT2D eigenvalue weighted by molar-refractivity contribution is 5.77. The minimum absolute atomic E-state index is 0.0439. The van der Waals surface area contributed by atoms with Crippen LogP contribution in [-0.2, 0) is 4.79 Å². The van der Waals surface area contributed by atoms with E-state index in [9.17, 15) is 4.79 Å². The number of carbonyl (C=O) groups excluding carboxylic acids is 1. The van der Waals surface area contributed by atoms with E-state index < -0.39 is 0 Å². The van der Waals surface area contributed by atoms with Gasteiger partial charge in [-0.15, -0.1) is 0 Å². The first-order chi connectivity index (χ1) is 7.89. The molecule has 0 aromatic heterocycles. The lowest BCUT2D eigenvalue weighted by atomic mass is 9.89. The Balaban J connectivity index is 2.51. The van der Waals surface area contributed by atoms with Crippen LogP contribution < -0.4 is 0 Å². The van der Waals surface area contributed by atoms with Crippen LogP contribution in [0.1, 0.15) is 40.0 Å². The Morgan fingerprint density at radius 2 is 2.24 bits per heavy atom. The fraction of sp³-hybridized carbons (Fsp3) is 0.846. The summed E-state index contributed by atoms with van der Waals surface area (Å²) in [6, 6.07) is 1.94. The minimum atomic E-state index is -0.255. The van der Waals surface area contributed by atoms with Crippen molar-refractivity contribution < 1.29 is 9.90 Å². The van der Waals surface area contributed by atoms with E-state index in [1.807, 2.05) is 13.8 Å². The molecule has 1 N–H and O–H groups in total. The number of carbonyl (C=O) groups is 1. The fourth-order valence-corrected chi connectivity index (χ4v) is 2.11. The fourth-order valence-electron chi connectivity index (χ4n) is 2.11. The number of rotatable bonds is 4. The van der Waals surface area contributed by atoms with E-state index in [-0.39, 0.29) is 24.0 Å². The molecule has 0 aromatic carbocycles. The summed E-state index contributed by atoms with van der Waals surface area (Å²) in [5.41, 5.74) is -0.219. The maximum atomic E-state index is 12.0. The maximum Gasteiger partial charge on any atom is 0.223 e. The third-order valence-electron chi connectivity index (χ3n) is 3.42. The lowest BCUT2D eigenvalue weighted by molar-refractivity contribution is -0.132. The molecule has 0 aliphatic carbocycles. The molecule has 4 heteroatoms. The predicted octanol–water partition coefficient (Wildman–Crippen LogP) is 1.55. The van der Waals surface area contributed by atoms with E-state index in [1.54, 1.807) is 4.90 Å². The third-order valence-corrected chi connectivity index (χ3v) is 3.42. The summed E-state index contributed by atoms with van der Waals surface area (Å²) < 4.78 is 0. The predicted molar refractivity (Wildman–Crippen MR) is 65.0 cm³/mol. The Morgan fingerprint density at radius 1 is 1.59 bits per heavy atom. The molecular formula is C13H22N2O2. The van der Waals surface area contributed by atoms with Gasteiger partial charge < -0.3 is 10.0 Å². The Hall–Kier alpha value is -1.08. The van der Waals surface area contributed by atoms with Crippen molar-refractivity contribution in [3.05, 3.63) is 0 Å². The quantitative estimate of drug-likeness (QED) is 0.808. The smallest absolute Gasteiger partial charge is 0.223 e. The highest BCUT2D eigenvalue weighted by Crippen LogP contribution is 2.26. The van der Waals surface area contributed by atoms with E-state index in [4.69, 9.17) is 10.4 Å². The SMILES string of the molecule is C[C@H]1C[C@@H](C#N)N(C(=O)CCC(C)(C)CO)C1. The zero-order valence-corrected chi connectivity index (χ0v) is 10.9. The van der Waals surface area contributed by atoms with Crippen molar-refractivity contribution in [1.82, 2.24) is 4.90 Å². The molecule has 1 heterocycles. The van der Waals surface area contributed by atoms with Crippen molar-refractivity contribution >= 4 is 5.91 Å². The molecule has 0 bridgehead atoms. The lowest BCUT2D eigenvalue weighted by Gasteiger charge is -2.24. The molecule has 17 heavy (non-hydrogen) atoms. The average Bonchev–Trinajstić information content (AvgIpc) is 2.67. The zero-order valence-electron chi connectivity index (χ0n) is 10.9. The molecular weight excluding hydrogens is 216 g/mol. The van der Waals surface area contributed by atoms with Crippen molar-refractivity contribution in [2.75, 3.05) is 13.2 Å². The van der Waals surface area contributed by atoms with E-state index in [2.05, 4.69) is 13.0 Å². The second-order valence-corrected chi connectivity index (χ2v) is 5.85. The number of hydrogen-bond acceptors (Lipinski definition) is 3. The van der Waals surface area contributed by atoms with Crippen LogP contribution >= 0.6 is 0 Å². The zero-order chi connectivity index (χ0) is 13.1. The van der Waals surface area contributed by atoms with Gasteiger partial charge in [0.15, 0.2) is 0 Å². The summed E-state index contributed by atoms with van der Waals surface area (Å²) in [6.07, 6.45) is 1.86. The Kier molecular flexibility index (Phi) is 4.53. The summed E-state index contributed by atoms with van der Waals surface area (Å²) in [4.78, 5) is 13.7. The number of aliphatic hydroxyl groups excluding tert-OH is 1. The highest BCUT2D eigenvalue weighted by atomic mass is 16.3. The topological polar surface area (TPSA) is 64.3 Å². The molecule has 0 spiro atoms. The molecule has 1 amide bonds. The van der Waals surface area contributed by atoms with Crippen LogP contribution in [0, 0.1) is 22.7 Å². The molecule has 1 saturated heterocycles. The number of nitrogens with zero attached hydrogens (tertiary/aromatic N) is 2. The second kappa shape index (κ2) is 5.50. The van der Waals surface area contributed by atoms with Crippen molar-refractivity contribution in [2.45, 2.75) is 46.1 Å². The summed E-state index contributed by atoms with van der Waals surface area (Å²) in [5, 5.41) is 18.1. The lowest BCUT2D eigenvalue weighted by Crippen LogP contribution is -2.35. The first-order valence-electron chi connectivity index (χ1n) is 6.19. The number of aliphatic hydroxyl groups is 1. The van der Waals surface area contributed by atoms with Crippen LogP contribution in [0.3, 0.4) is 0 Å². The molecule has 0 aromatic rings. The highest BCUT2D eigenvalue weighted by Gasteiger charge is 2.33. The first kappa shape index (κ1) is 14.0. The van der Waals surface area contributed by atoms with Crippen LogP contribution in [0.25, 0.3) is 0 Å². The molecule has 0 saturated carbocycles. The van der Waals surface area contributed by atoms with Crippen LogP contribution in [0.4, 0.5) is 0 Å². The third kappa shape index (κ3) is 3.71. The van der Waals surface area contributed by atoms with Crippen molar-refractivity contribution in [3.63, 3.8) is 0 Å². The molecule has 1 aliphatic rings. The number of likely N-dealkylation sites (tertiary alicyclic amines) is 1. The average molecular weight is 238 g/mol. The second-order valence-electron chi connectivity index (χ2n) is 5.85. The molecule has 0 radical (unpaired) electrons. The van der Waals surface area contributed by atoms with Gasteiger partial charge in [0.25, 0.3) is 0 Å². The Bertz CT molecular complexity index is 320. The van der Waals surface area contributed by atoms with Crippen molar-refractivity contribution in [3.8, 4) is 6.07 Å². The van der Waals surface area contributed by atoms with E-state index in [0.717, 1.165) is 6.42 Å². The molecule has 96 valence electrons. The van der Waals surface area contributed by atoms with E-state index >= 15 is 0 Å². The standard InChI is InChI=1S/C13H22N2O2/c1-10-6-11(7-14)15(8-10)12(17)4-5-13(2,3)9-16/h10-11,16H,4-6,8-9H2,1-3H3/t10-,11-/m0/s1. The van der Waals surface area contributed by atoms with Crippen LogP contribution in [-0.4, -0.2) is 35.1 Å². The molecule has 1 aliphatic heterocycles. The van der Waals surface area contributed by atoms with Crippen molar-refractivity contribution in [2.24, 2.45) is 11.3 Å². The molecule has 1 fully saturated rings.